The van der Waals surface area contributed by atoms with Crippen LogP contribution in [0.1, 0.15) is 77.4 Å². The fourth-order valence-corrected chi connectivity index (χ4v) is 6.22. The Bertz CT molecular complexity index is 976. The monoisotopic (exact) mass is 536 g/mol. The average molecular weight is 537 g/mol. The summed E-state index contributed by atoms with van der Waals surface area (Å²) in [7, 11) is 0. The molecular formula is C28H44N2O6S. The summed E-state index contributed by atoms with van der Waals surface area (Å²) in [5.41, 5.74) is 0.467. The topological polar surface area (TPSA) is 120 Å². The number of β-amino-alcohol motifs (C(OH)–C–C–N with tert-alkyl or cyclic N) is 1. The van der Waals surface area contributed by atoms with Gasteiger partial charge in [0.2, 0.25) is 0 Å². The molecule has 0 amide bonds. The SMILES string of the molecule is C/C(=C\c1csc(C)n1)C1CC2C(CCC[C@H](C)[C@H](O)[C@@H](C)C(=O)C(C)(C)[C@@H](O)CC(=O)O1)[N@@]2CCO. The lowest BCUT2D eigenvalue weighted by molar-refractivity contribution is -0.154. The molecule has 8 nitrogen and oxygen atoms in total. The van der Waals surface area contributed by atoms with E-state index in [4.69, 9.17) is 4.74 Å². The Labute approximate surface area is 224 Å². The van der Waals surface area contributed by atoms with Crippen molar-refractivity contribution in [3.05, 3.63) is 21.7 Å². The smallest absolute Gasteiger partial charge is 0.309 e. The molecule has 2 saturated heterocycles. The first-order valence-electron chi connectivity index (χ1n) is 13.4. The molecule has 0 radical (unpaired) electrons. The molecule has 2 fully saturated rings. The van der Waals surface area contributed by atoms with E-state index in [9.17, 15) is 24.9 Å². The van der Waals surface area contributed by atoms with Gasteiger partial charge < -0.3 is 20.1 Å². The predicted octanol–water partition coefficient (Wildman–Crippen LogP) is 3.37. The maximum atomic E-state index is 13.3. The minimum Gasteiger partial charge on any atom is -0.458 e. The van der Waals surface area contributed by atoms with Crippen molar-refractivity contribution in [2.75, 3.05) is 13.2 Å². The largest absolute Gasteiger partial charge is 0.458 e. The van der Waals surface area contributed by atoms with E-state index in [2.05, 4.69) is 9.88 Å². The van der Waals surface area contributed by atoms with Crippen LogP contribution in [0.2, 0.25) is 0 Å². The van der Waals surface area contributed by atoms with Crippen LogP contribution in [0, 0.1) is 24.2 Å². The third-order valence-corrected chi connectivity index (χ3v) is 9.10. The highest BCUT2D eigenvalue weighted by molar-refractivity contribution is 7.09. The standard InChI is InChI=1S/C28H44N2O6S/c1-16-8-7-9-21-22(30(21)10-11-31)13-23(17(2)12-20-15-37-19(4)29-20)36-25(33)14-24(32)28(5,6)27(35)18(3)26(16)34/h12,15-16,18,21-24,26,31-32,34H,7-11,13-14H2,1-6H3/b17-12+/t16-,18+,21?,22?,23?,24-,26-,30+/m0/s1. The predicted molar refractivity (Wildman–Crippen MR) is 144 cm³/mol. The number of nitrogens with zero attached hydrogens (tertiary/aromatic N) is 2. The Balaban J connectivity index is 1.88. The van der Waals surface area contributed by atoms with Crippen LogP contribution in [-0.4, -0.2) is 80.5 Å². The molecule has 37 heavy (non-hydrogen) atoms. The molecule has 3 rings (SSSR count). The van der Waals surface area contributed by atoms with Crippen molar-refractivity contribution in [2.24, 2.45) is 17.3 Å². The molecule has 1 aromatic rings. The second-order valence-corrected chi connectivity index (χ2v) is 12.5. The third-order valence-electron chi connectivity index (χ3n) is 8.31. The number of carbonyl (C=O) groups excluding carboxylic acids is 2. The minimum atomic E-state index is -1.24. The Morgan fingerprint density at radius 2 is 1.95 bits per heavy atom. The molecule has 208 valence electrons. The summed E-state index contributed by atoms with van der Waals surface area (Å²) >= 11 is 1.55. The van der Waals surface area contributed by atoms with E-state index >= 15 is 0 Å². The molecule has 9 heteroatoms. The van der Waals surface area contributed by atoms with Crippen LogP contribution in [-0.2, 0) is 14.3 Å². The fraction of sp³-hybridized carbons (Fsp3) is 0.750. The summed E-state index contributed by atoms with van der Waals surface area (Å²) < 4.78 is 5.94. The van der Waals surface area contributed by atoms with Crippen LogP contribution in [0.4, 0.5) is 0 Å². The molecule has 1 aromatic heterocycles. The zero-order valence-electron chi connectivity index (χ0n) is 23.0. The van der Waals surface area contributed by atoms with Gasteiger partial charge in [0.05, 0.1) is 41.4 Å². The molecule has 0 bridgehead atoms. The molecule has 3 heterocycles. The van der Waals surface area contributed by atoms with Gasteiger partial charge in [0.15, 0.2) is 0 Å². The number of aliphatic hydroxyl groups excluding tert-OH is 3. The lowest BCUT2D eigenvalue weighted by Crippen LogP contribution is -2.45. The number of ether oxygens (including phenoxy) is 1. The average Bonchev–Trinajstić information content (AvgIpc) is 3.29. The lowest BCUT2D eigenvalue weighted by atomic mass is 9.73. The number of hydrogen-bond acceptors (Lipinski definition) is 9. The molecule has 0 spiro atoms. The van der Waals surface area contributed by atoms with E-state index in [1.807, 2.05) is 32.2 Å². The van der Waals surface area contributed by atoms with Crippen molar-refractivity contribution in [1.29, 1.82) is 0 Å². The third kappa shape index (κ3) is 7.26. The number of aliphatic hydroxyl groups is 3. The fourth-order valence-electron chi connectivity index (χ4n) is 5.65. The van der Waals surface area contributed by atoms with Crippen LogP contribution in [0.3, 0.4) is 0 Å². The zero-order valence-corrected chi connectivity index (χ0v) is 23.8. The van der Waals surface area contributed by atoms with Gasteiger partial charge >= 0.3 is 5.97 Å². The van der Waals surface area contributed by atoms with E-state index < -0.39 is 35.6 Å². The number of aryl methyl sites for hydroxylation is 1. The van der Waals surface area contributed by atoms with Gasteiger partial charge in [-0.2, -0.15) is 0 Å². The first-order valence-corrected chi connectivity index (χ1v) is 14.3. The number of fused-ring (bicyclic) bond motifs is 1. The Kier molecular flexibility index (Phi) is 10.1. The number of hydrogen-bond donors (Lipinski definition) is 3. The van der Waals surface area contributed by atoms with Crippen LogP contribution in [0.5, 0.6) is 0 Å². The molecule has 2 aliphatic rings. The number of rotatable bonds is 4. The minimum absolute atomic E-state index is 0.0559. The maximum Gasteiger partial charge on any atom is 0.309 e. The summed E-state index contributed by atoms with van der Waals surface area (Å²) in [6, 6.07) is 0.434. The molecule has 0 aliphatic carbocycles. The van der Waals surface area contributed by atoms with Crippen molar-refractivity contribution in [3.8, 4) is 0 Å². The molecule has 3 N–H and O–H groups in total. The number of cyclic esters (lactones) is 1. The summed E-state index contributed by atoms with van der Waals surface area (Å²) in [6.45, 7) is 11.4. The second-order valence-electron chi connectivity index (χ2n) is 11.5. The van der Waals surface area contributed by atoms with E-state index in [1.165, 1.54) is 0 Å². The highest BCUT2D eigenvalue weighted by Gasteiger charge is 2.48. The van der Waals surface area contributed by atoms with Crippen LogP contribution < -0.4 is 0 Å². The van der Waals surface area contributed by atoms with Gasteiger partial charge in [-0.15, -0.1) is 11.3 Å². The Hall–Kier alpha value is -1.65. The van der Waals surface area contributed by atoms with Crippen molar-refractivity contribution < 1.29 is 29.6 Å². The Morgan fingerprint density at radius 3 is 2.57 bits per heavy atom. The number of Topliss-reactive ketones (excluding diaryl/α,β-unsaturated/α-hetero) is 1. The number of carbonyl (C=O) groups is 2. The highest BCUT2D eigenvalue weighted by atomic mass is 32.1. The summed E-state index contributed by atoms with van der Waals surface area (Å²) in [4.78, 5) is 33.1. The summed E-state index contributed by atoms with van der Waals surface area (Å²) in [5, 5.41) is 34.3. The summed E-state index contributed by atoms with van der Waals surface area (Å²) in [6.07, 6.45) is 2.19. The number of thiazole rings is 1. The number of esters is 1. The van der Waals surface area contributed by atoms with Gasteiger partial charge in [-0.1, -0.05) is 34.1 Å². The molecule has 0 saturated carbocycles. The maximum absolute atomic E-state index is 13.3. The summed E-state index contributed by atoms with van der Waals surface area (Å²) in [5.74, 6) is -1.57. The van der Waals surface area contributed by atoms with E-state index in [0.717, 1.165) is 35.5 Å². The second kappa shape index (κ2) is 12.5. The lowest BCUT2D eigenvalue weighted by Gasteiger charge is -2.34. The van der Waals surface area contributed by atoms with Gasteiger partial charge in [0.25, 0.3) is 0 Å². The highest BCUT2D eigenvalue weighted by Crippen LogP contribution is 2.39. The van der Waals surface area contributed by atoms with Crippen molar-refractivity contribution in [1.82, 2.24) is 9.88 Å². The van der Waals surface area contributed by atoms with Gasteiger partial charge in [-0.3, -0.25) is 14.5 Å². The van der Waals surface area contributed by atoms with Crippen molar-refractivity contribution >= 4 is 29.2 Å². The van der Waals surface area contributed by atoms with E-state index in [1.54, 1.807) is 32.1 Å². The van der Waals surface area contributed by atoms with Gasteiger partial charge in [0, 0.05) is 36.3 Å². The molecule has 8 atom stereocenters. The Morgan fingerprint density at radius 1 is 1.24 bits per heavy atom. The van der Waals surface area contributed by atoms with Gasteiger partial charge in [-0.05, 0) is 44.3 Å². The first-order chi connectivity index (χ1) is 17.4. The first kappa shape index (κ1) is 29.9. The van der Waals surface area contributed by atoms with Crippen LogP contribution >= 0.6 is 11.3 Å². The molecule has 0 aromatic carbocycles. The van der Waals surface area contributed by atoms with Crippen molar-refractivity contribution in [3.63, 3.8) is 0 Å². The zero-order chi connectivity index (χ0) is 27.5. The quantitative estimate of drug-likeness (QED) is 0.396. The van der Waals surface area contributed by atoms with Crippen molar-refractivity contribution in [2.45, 2.75) is 104 Å². The van der Waals surface area contributed by atoms with Gasteiger partial charge in [0.1, 0.15) is 11.9 Å². The molecule has 2 aliphatic heterocycles. The van der Waals surface area contributed by atoms with E-state index in [-0.39, 0.29) is 36.8 Å². The molecular weight excluding hydrogens is 492 g/mol. The van der Waals surface area contributed by atoms with Crippen LogP contribution in [0.15, 0.2) is 11.0 Å². The van der Waals surface area contributed by atoms with E-state index in [0.29, 0.717) is 13.0 Å². The van der Waals surface area contributed by atoms with Gasteiger partial charge in [-0.25, -0.2) is 4.98 Å². The number of aromatic nitrogens is 1. The van der Waals surface area contributed by atoms with Crippen LogP contribution in [0.25, 0.3) is 6.08 Å². The number of ketones is 1. The molecule has 3 unspecified atom stereocenters. The normalized spacial score (nSPS) is 36.1.